The van der Waals surface area contributed by atoms with Gasteiger partial charge in [-0.3, -0.25) is 14.4 Å². The van der Waals surface area contributed by atoms with Crippen LogP contribution in [0.15, 0.2) is 24.3 Å². The summed E-state index contributed by atoms with van der Waals surface area (Å²) in [6.07, 6.45) is 0.825. The van der Waals surface area contributed by atoms with E-state index in [0.29, 0.717) is 18.5 Å². The van der Waals surface area contributed by atoms with Crippen LogP contribution in [0.4, 0.5) is 0 Å². The summed E-state index contributed by atoms with van der Waals surface area (Å²) in [6, 6.07) is 6.74. The number of nitrogens with one attached hydrogen (secondary N) is 1. The van der Waals surface area contributed by atoms with E-state index in [9.17, 15) is 14.4 Å². The molecule has 2 aliphatic rings. The summed E-state index contributed by atoms with van der Waals surface area (Å²) in [5, 5.41) is 2.78. The van der Waals surface area contributed by atoms with Crippen molar-refractivity contribution in [2.75, 3.05) is 13.6 Å². The summed E-state index contributed by atoms with van der Waals surface area (Å²) in [5.41, 5.74) is 1.40. The van der Waals surface area contributed by atoms with E-state index in [4.69, 9.17) is 0 Å². The van der Waals surface area contributed by atoms with Crippen molar-refractivity contribution < 1.29 is 14.4 Å². The molecule has 1 aliphatic heterocycles. The number of carbonyl (C=O) groups is 3. The number of hydrogen-bond acceptors (Lipinski definition) is 3. The molecule has 1 aromatic rings. The van der Waals surface area contributed by atoms with Crippen molar-refractivity contribution in [2.24, 2.45) is 0 Å². The minimum absolute atomic E-state index is 0.00406. The third-order valence-electron chi connectivity index (χ3n) is 4.09. The minimum atomic E-state index is -0.461. The monoisotopic (exact) mass is 272 g/mol. The molecule has 2 unspecified atom stereocenters. The van der Waals surface area contributed by atoms with Crippen molar-refractivity contribution in [1.82, 2.24) is 10.2 Å². The fraction of sp³-hybridized carbons (Fsp3) is 0.400. The Balaban J connectivity index is 1.76. The van der Waals surface area contributed by atoms with Crippen molar-refractivity contribution >= 4 is 17.6 Å². The van der Waals surface area contributed by atoms with Gasteiger partial charge in [-0.2, -0.15) is 0 Å². The van der Waals surface area contributed by atoms with Crippen LogP contribution in [0.1, 0.15) is 34.7 Å². The molecule has 2 amide bonds. The Morgan fingerprint density at radius 3 is 2.75 bits per heavy atom. The van der Waals surface area contributed by atoms with E-state index < -0.39 is 12.0 Å². The first-order valence-electron chi connectivity index (χ1n) is 6.75. The first-order valence-corrected chi connectivity index (χ1v) is 6.75. The van der Waals surface area contributed by atoms with Gasteiger partial charge in [-0.15, -0.1) is 0 Å². The lowest BCUT2D eigenvalue weighted by molar-refractivity contribution is -0.132. The summed E-state index contributed by atoms with van der Waals surface area (Å²) in [7, 11) is 1.73. The number of hydrogen-bond donors (Lipinski definition) is 1. The van der Waals surface area contributed by atoms with E-state index in [-0.39, 0.29) is 24.0 Å². The zero-order valence-electron chi connectivity index (χ0n) is 11.3. The lowest BCUT2D eigenvalue weighted by atomic mass is 10.00. The number of carbonyl (C=O) groups excluding carboxylic acids is 3. The standard InChI is InChI=1S/C15H16N2O3/c1-17-7-6-12(15(17)20)16-14(19)11-8-13(18)10-5-3-2-4-9(10)11/h2-5,11-12H,6-8H2,1H3,(H,16,19). The Morgan fingerprint density at radius 1 is 1.30 bits per heavy atom. The molecule has 0 aromatic heterocycles. The van der Waals surface area contributed by atoms with Crippen LogP contribution in [-0.2, 0) is 9.59 Å². The van der Waals surface area contributed by atoms with Gasteiger partial charge < -0.3 is 10.2 Å². The van der Waals surface area contributed by atoms with E-state index in [0.717, 1.165) is 5.56 Å². The number of ketones is 1. The molecule has 1 N–H and O–H groups in total. The number of rotatable bonds is 2. The predicted molar refractivity (Wildman–Crippen MR) is 72.3 cm³/mol. The van der Waals surface area contributed by atoms with Crippen LogP contribution in [0.3, 0.4) is 0 Å². The molecule has 3 rings (SSSR count). The summed E-state index contributed by atoms with van der Waals surface area (Å²) in [6.45, 7) is 0.657. The van der Waals surface area contributed by atoms with Gasteiger partial charge in [-0.25, -0.2) is 0 Å². The van der Waals surface area contributed by atoms with E-state index in [2.05, 4.69) is 5.32 Å². The highest BCUT2D eigenvalue weighted by Gasteiger charge is 2.37. The number of likely N-dealkylation sites (tertiary alicyclic amines) is 1. The molecule has 0 radical (unpaired) electrons. The first kappa shape index (κ1) is 12.8. The topological polar surface area (TPSA) is 66.5 Å². The highest BCUT2D eigenvalue weighted by molar-refractivity contribution is 6.07. The van der Waals surface area contributed by atoms with Gasteiger partial charge in [-0.1, -0.05) is 24.3 Å². The third kappa shape index (κ3) is 1.99. The molecule has 5 heteroatoms. The number of benzene rings is 1. The van der Waals surface area contributed by atoms with Gasteiger partial charge in [0, 0.05) is 25.6 Å². The Bertz CT molecular complexity index is 597. The van der Waals surface area contributed by atoms with Crippen molar-refractivity contribution in [3.8, 4) is 0 Å². The Labute approximate surface area is 116 Å². The van der Waals surface area contributed by atoms with Gasteiger partial charge >= 0.3 is 0 Å². The highest BCUT2D eigenvalue weighted by atomic mass is 16.2. The van der Waals surface area contributed by atoms with Gasteiger partial charge in [-0.05, 0) is 12.0 Å². The molecule has 0 saturated carbocycles. The zero-order valence-corrected chi connectivity index (χ0v) is 11.3. The second-order valence-electron chi connectivity index (χ2n) is 5.38. The Kier molecular flexibility index (Phi) is 3.04. The fourth-order valence-electron chi connectivity index (χ4n) is 2.92. The van der Waals surface area contributed by atoms with E-state index in [1.807, 2.05) is 12.1 Å². The molecule has 104 valence electrons. The minimum Gasteiger partial charge on any atom is -0.344 e. The van der Waals surface area contributed by atoms with E-state index >= 15 is 0 Å². The third-order valence-corrected chi connectivity index (χ3v) is 4.09. The van der Waals surface area contributed by atoms with E-state index in [1.54, 1.807) is 24.1 Å². The maximum atomic E-state index is 12.3. The van der Waals surface area contributed by atoms with Gasteiger partial charge in [0.25, 0.3) is 0 Å². The van der Waals surface area contributed by atoms with Crippen molar-refractivity contribution in [2.45, 2.75) is 24.8 Å². The van der Waals surface area contributed by atoms with Crippen molar-refractivity contribution in [3.63, 3.8) is 0 Å². The van der Waals surface area contributed by atoms with Gasteiger partial charge in [0.2, 0.25) is 11.8 Å². The fourth-order valence-corrected chi connectivity index (χ4v) is 2.92. The molecule has 1 aromatic carbocycles. The van der Waals surface area contributed by atoms with Crippen molar-refractivity contribution in [1.29, 1.82) is 0 Å². The van der Waals surface area contributed by atoms with Crippen molar-refractivity contribution in [3.05, 3.63) is 35.4 Å². The molecule has 1 saturated heterocycles. The quantitative estimate of drug-likeness (QED) is 0.862. The molecule has 0 spiro atoms. The lowest BCUT2D eigenvalue weighted by Gasteiger charge is -2.16. The molecule has 2 atom stereocenters. The van der Waals surface area contributed by atoms with Crippen LogP contribution in [-0.4, -0.2) is 42.1 Å². The molecule has 1 heterocycles. The highest BCUT2D eigenvalue weighted by Crippen LogP contribution is 2.33. The number of amides is 2. The van der Waals surface area contributed by atoms with E-state index in [1.165, 1.54) is 0 Å². The van der Waals surface area contributed by atoms with Crippen LogP contribution in [0.2, 0.25) is 0 Å². The molecular weight excluding hydrogens is 256 g/mol. The van der Waals surface area contributed by atoms with Crippen LogP contribution >= 0.6 is 0 Å². The Hall–Kier alpha value is -2.17. The van der Waals surface area contributed by atoms with Crippen LogP contribution < -0.4 is 5.32 Å². The first-order chi connectivity index (χ1) is 9.58. The number of nitrogens with zero attached hydrogens (tertiary/aromatic N) is 1. The van der Waals surface area contributed by atoms with Gasteiger partial charge in [0.15, 0.2) is 5.78 Å². The molecule has 1 fully saturated rings. The summed E-state index contributed by atoms with van der Waals surface area (Å²) in [4.78, 5) is 37.6. The Morgan fingerprint density at radius 2 is 2.05 bits per heavy atom. The average molecular weight is 272 g/mol. The maximum absolute atomic E-state index is 12.3. The predicted octanol–water partition coefficient (Wildman–Crippen LogP) is 0.703. The molecule has 1 aliphatic carbocycles. The number of fused-ring (bicyclic) bond motifs is 1. The zero-order chi connectivity index (χ0) is 14.3. The molecule has 20 heavy (non-hydrogen) atoms. The van der Waals surface area contributed by atoms with Crippen LogP contribution in [0.5, 0.6) is 0 Å². The normalized spacial score (nSPS) is 24.9. The largest absolute Gasteiger partial charge is 0.344 e. The average Bonchev–Trinajstić information content (AvgIpc) is 2.94. The van der Waals surface area contributed by atoms with Gasteiger partial charge in [0.1, 0.15) is 6.04 Å². The number of likely N-dealkylation sites (N-methyl/N-ethyl adjacent to an activating group) is 1. The molecule has 5 nitrogen and oxygen atoms in total. The van der Waals surface area contributed by atoms with Crippen LogP contribution in [0, 0.1) is 0 Å². The summed E-state index contributed by atoms with van der Waals surface area (Å²) >= 11 is 0. The van der Waals surface area contributed by atoms with Crippen LogP contribution in [0.25, 0.3) is 0 Å². The second kappa shape index (κ2) is 4.74. The number of Topliss-reactive ketones (excluding diaryl/α,β-unsaturated/α-hetero) is 1. The lowest BCUT2D eigenvalue weighted by Crippen LogP contribution is -2.42. The van der Waals surface area contributed by atoms with Gasteiger partial charge in [0.05, 0.1) is 5.92 Å². The second-order valence-corrected chi connectivity index (χ2v) is 5.38. The maximum Gasteiger partial charge on any atom is 0.244 e. The molecule has 0 bridgehead atoms. The SMILES string of the molecule is CN1CCC(NC(=O)C2CC(=O)c3ccccc32)C1=O. The summed E-state index contributed by atoms with van der Waals surface area (Å²) in [5.74, 6) is -0.749. The summed E-state index contributed by atoms with van der Waals surface area (Å²) < 4.78 is 0. The molecular formula is C15H16N2O3. The smallest absolute Gasteiger partial charge is 0.244 e.